The minimum Gasteiger partial charge on any atom is -0.453 e. The molecule has 0 radical (unpaired) electrons. The predicted octanol–water partition coefficient (Wildman–Crippen LogP) is 6.67. The summed E-state index contributed by atoms with van der Waals surface area (Å²) < 4.78 is 9.51. The van der Waals surface area contributed by atoms with Gasteiger partial charge in [0, 0.05) is 25.8 Å². The van der Waals surface area contributed by atoms with Gasteiger partial charge in [0.25, 0.3) is 5.91 Å². The smallest absolute Gasteiger partial charge is 0.407 e. The first-order chi connectivity index (χ1) is 27.7. The van der Waals surface area contributed by atoms with E-state index in [0.29, 0.717) is 37.4 Å². The summed E-state index contributed by atoms with van der Waals surface area (Å²) in [5.74, 6) is -0.246. The number of likely N-dealkylation sites (tertiary alicyclic amines) is 2. The number of carbonyl (C=O) groups is 5. The fourth-order valence-electron chi connectivity index (χ4n) is 8.19. The van der Waals surface area contributed by atoms with Gasteiger partial charge in [-0.1, -0.05) is 70.2 Å². The number of nitrogens with one attached hydrogen (secondary N) is 3. The molecule has 4 atom stereocenters. The molecule has 6 rings (SSSR count). The Morgan fingerprint density at radius 3 is 2.02 bits per heavy atom. The van der Waals surface area contributed by atoms with Crippen LogP contribution in [0.1, 0.15) is 72.2 Å². The molecule has 2 fully saturated rings. The van der Waals surface area contributed by atoms with E-state index in [4.69, 9.17) is 9.47 Å². The molecule has 14 heteroatoms. The number of rotatable bonds is 11. The number of alkyl carbamates (subject to hydrolysis) is 2. The Balaban J connectivity index is 1.14. The van der Waals surface area contributed by atoms with Gasteiger partial charge in [-0.2, -0.15) is 0 Å². The molecule has 0 aliphatic carbocycles. The highest BCUT2D eigenvalue weighted by molar-refractivity contribution is 6.04. The number of imidazole rings is 1. The first-order valence-corrected chi connectivity index (χ1v) is 20.0. The normalized spacial score (nSPS) is 19.0. The molecule has 2 aliphatic rings. The number of H-pyrrole nitrogens is 1. The lowest BCUT2D eigenvalue weighted by Crippen LogP contribution is -2.61. The second-order valence-electron chi connectivity index (χ2n) is 16.1. The van der Waals surface area contributed by atoms with Crippen molar-refractivity contribution in [3.05, 3.63) is 72.7 Å². The summed E-state index contributed by atoms with van der Waals surface area (Å²) in [6, 6.07) is 18.6. The highest BCUT2D eigenvalue weighted by Crippen LogP contribution is 2.36. The average molecular weight is 794 g/mol. The van der Waals surface area contributed by atoms with Crippen molar-refractivity contribution in [3.63, 3.8) is 0 Å². The third-order valence-electron chi connectivity index (χ3n) is 11.6. The highest BCUT2D eigenvalue weighted by Gasteiger charge is 2.49. The van der Waals surface area contributed by atoms with Crippen molar-refractivity contribution in [1.82, 2.24) is 30.4 Å². The van der Waals surface area contributed by atoms with E-state index in [9.17, 15) is 24.0 Å². The zero-order chi connectivity index (χ0) is 41.9. The maximum atomic E-state index is 14.1. The second-order valence-corrected chi connectivity index (χ2v) is 16.1. The van der Waals surface area contributed by atoms with Gasteiger partial charge >= 0.3 is 12.2 Å². The molecule has 3 heterocycles. The summed E-state index contributed by atoms with van der Waals surface area (Å²) >= 11 is 0. The summed E-state index contributed by atoms with van der Waals surface area (Å²) in [5, 5.41) is 7.32. The van der Waals surface area contributed by atoms with Crippen LogP contribution < -0.4 is 15.5 Å². The van der Waals surface area contributed by atoms with Gasteiger partial charge < -0.3 is 39.8 Å². The van der Waals surface area contributed by atoms with Gasteiger partial charge in [0.1, 0.15) is 23.4 Å². The van der Waals surface area contributed by atoms with Gasteiger partial charge in [-0.05, 0) is 90.1 Å². The SMILES string of the molecule is COC(=O)N[C@H](C(=O)N1CCC[C@H]1c1ncc(-c2ccc(-c3ccc4cc(N(C)C(=O)[C@]5(C)CCCN5C(=O)[C@@H](NC(=O)OC)C(C)C)ccc4c3)cc2)[nH]1)C(C)C. The molecule has 14 nitrogen and oxygen atoms in total. The second kappa shape index (κ2) is 17.3. The van der Waals surface area contributed by atoms with Crippen LogP contribution in [0.2, 0.25) is 0 Å². The first-order valence-electron chi connectivity index (χ1n) is 20.0. The number of nitrogens with zero attached hydrogens (tertiary/aromatic N) is 4. The van der Waals surface area contributed by atoms with Crippen LogP contribution in [-0.2, 0) is 23.9 Å². The lowest BCUT2D eigenvalue weighted by atomic mass is 9.94. The molecule has 1 aromatic heterocycles. The van der Waals surface area contributed by atoms with Crippen molar-refractivity contribution < 1.29 is 33.4 Å². The van der Waals surface area contributed by atoms with Crippen LogP contribution in [0.25, 0.3) is 33.2 Å². The number of hydrogen-bond donors (Lipinski definition) is 3. The Kier molecular flexibility index (Phi) is 12.4. The summed E-state index contributed by atoms with van der Waals surface area (Å²) in [6.45, 7) is 10.3. The van der Waals surface area contributed by atoms with E-state index in [0.717, 1.165) is 46.0 Å². The van der Waals surface area contributed by atoms with Crippen LogP contribution in [0.15, 0.2) is 66.9 Å². The standard InChI is InChI=1S/C44H55N7O7/c1-26(2)36(47-42(55)57-7)39(52)50-21-9-11-35(50)38-45-25-34(46-38)29-14-12-28(13-15-29)30-16-17-32-24-33(19-18-31(32)23-30)49(6)41(54)44(5)20-10-22-51(44)40(53)37(27(3)4)48-43(56)58-8/h12-19,23-27,35-37H,9-11,20-22H2,1-8H3,(H,45,46)(H,47,55)(H,48,56)/t35-,36-,37-,44-/m0/s1. The molecule has 3 aromatic carbocycles. The van der Waals surface area contributed by atoms with Gasteiger partial charge in [0.2, 0.25) is 11.8 Å². The zero-order valence-corrected chi connectivity index (χ0v) is 34.6. The maximum Gasteiger partial charge on any atom is 0.407 e. The fraction of sp³-hybridized carbons (Fsp3) is 0.455. The summed E-state index contributed by atoms with van der Waals surface area (Å²) in [4.78, 5) is 78.6. The number of methoxy groups -OCH3 is 2. The van der Waals surface area contributed by atoms with Crippen molar-refractivity contribution in [2.45, 2.75) is 84.0 Å². The third-order valence-corrected chi connectivity index (χ3v) is 11.6. The predicted molar refractivity (Wildman–Crippen MR) is 222 cm³/mol. The van der Waals surface area contributed by atoms with Crippen LogP contribution in [0, 0.1) is 11.8 Å². The van der Waals surface area contributed by atoms with E-state index in [1.807, 2.05) is 64.1 Å². The van der Waals surface area contributed by atoms with E-state index in [1.54, 1.807) is 34.9 Å². The average Bonchev–Trinajstić information content (AvgIpc) is 4.01. The minimum absolute atomic E-state index is 0.115. The molecule has 58 heavy (non-hydrogen) atoms. The van der Waals surface area contributed by atoms with Gasteiger partial charge in [0.15, 0.2) is 0 Å². The lowest BCUT2D eigenvalue weighted by molar-refractivity contribution is -0.144. The van der Waals surface area contributed by atoms with Crippen molar-refractivity contribution in [2.75, 3.05) is 39.3 Å². The summed E-state index contributed by atoms with van der Waals surface area (Å²) in [7, 11) is 4.27. The molecule has 4 aromatic rings. The Morgan fingerprint density at radius 2 is 1.38 bits per heavy atom. The van der Waals surface area contributed by atoms with E-state index >= 15 is 0 Å². The van der Waals surface area contributed by atoms with Crippen LogP contribution in [0.3, 0.4) is 0 Å². The molecular formula is C44H55N7O7. The first kappa shape index (κ1) is 41.7. The zero-order valence-electron chi connectivity index (χ0n) is 34.6. The third kappa shape index (κ3) is 8.37. The van der Waals surface area contributed by atoms with Crippen molar-refractivity contribution in [1.29, 1.82) is 0 Å². The highest BCUT2D eigenvalue weighted by atomic mass is 16.5. The van der Waals surface area contributed by atoms with E-state index in [1.165, 1.54) is 14.2 Å². The number of fused-ring (bicyclic) bond motifs is 1. The van der Waals surface area contributed by atoms with Crippen LogP contribution in [0.5, 0.6) is 0 Å². The molecular weight excluding hydrogens is 739 g/mol. The van der Waals surface area contributed by atoms with Gasteiger partial charge in [-0.25, -0.2) is 14.6 Å². The number of carbonyl (C=O) groups excluding carboxylic acids is 5. The number of hydrogen-bond acceptors (Lipinski definition) is 8. The molecule has 308 valence electrons. The number of amides is 5. The van der Waals surface area contributed by atoms with Crippen molar-refractivity contribution in [3.8, 4) is 22.4 Å². The monoisotopic (exact) mass is 793 g/mol. The van der Waals surface area contributed by atoms with Crippen molar-refractivity contribution >= 4 is 46.4 Å². The number of aromatic nitrogens is 2. The molecule has 2 saturated heterocycles. The fourth-order valence-corrected chi connectivity index (χ4v) is 8.19. The molecule has 0 unspecified atom stereocenters. The molecule has 0 bridgehead atoms. The number of anilines is 1. The van der Waals surface area contributed by atoms with Crippen LogP contribution >= 0.6 is 0 Å². The lowest BCUT2D eigenvalue weighted by Gasteiger charge is -2.39. The minimum atomic E-state index is -1.07. The largest absolute Gasteiger partial charge is 0.453 e. The van der Waals surface area contributed by atoms with Crippen molar-refractivity contribution in [2.24, 2.45) is 11.8 Å². The van der Waals surface area contributed by atoms with Gasteiger partial charge in [-0.3, -0.25) is 14.4 Å². The van der Waals surface area contributed by atoms with Gasteiger partial charge in [-0.15, -0.1) is 0 Å². The number of benzene rings is 3. The van der Waals surface area contributed by atoms with Crippen LogP contribution in [0.4, 0.5) is 15.3 Å². The maximum absolute atomic E-state index is 14.1. The molecule has 5 amide bonds. The van der Waals surface area contributed by atoms with Crippen LogP contribution in [-0.4, -0.2) is 102 Å². The van der Waals surface area contributed by atoms with Gasteiger partial charge in [0.05, 0.1) is 32.2 Å². The molecule has 0 saturated carbocycles. The van der Waals surface area contributed by atoms with E-state index in [2.05, 4.69) is 44.9 Å². The Labute approximate surface area is 339 Å². The molecule has 0 spiro atoms. The molecule has 2 aliphatic heterocycles. The Hall–Kier alpha value is -5.92. The summed E-state index contributed by atoms with van der Waals surface area (Å²) in [5.41, 5.74) is 3.51. The number of aromatic amines is 1. The number of ether oxygens (including phenoxy) is 2. The quantitative estimate of drug-likeness (QED) is 0.152. The Morgan fingerprint density at radius 1 is 0.793 bits per heavy atom. The van der Waals surface area contributed by atoms with E-state index < -0.39 is 29.8 Å². The number of likely N-dealkylation sites (N-methyl/N-ethyl adjacent to an activating group) is 1. The van der Waals surface area contributed by atoms with E-state index in [-0.39, 0.29) is 35.6 Å². The summed E-state index contributed by atoms with van der Waals surface area (Å²) in [6.07, 6.45) is 3.27. The molecule has 3 N–H and O–H groups in total. The topological polar surface area (TPSA) is 166 Å². The Bertz CT molecular complexity index is 2170.